The summed E-state index contributed by atoms with van der Waals surface area (Å²) in [6, 6.07) is 0. The summed E-state index contributed by atoms with van der Waals surface area (Å²) in [7, 11) is 0. The molecule has 0 aromatic carbocycles. The van der Waals surface area contributed by atoms with Gasteiger partial charge < -0.3 is 14.0 Å². The fourth-order valence-electron chi connectivity index (χ4n) is 1.93. The van der Waals surface area contributed by atoms with E-state index in [2.05, 4.69) is 9.55 Å². The number of aromatic nitrogens is 2. The van der Waals surface area contributed by atoms with Gasteiger partial charge in [0.25, 0.3) is 0 Å². The molecule has 4 nitrogen and oxygen atoms in total. The van der Waals surface area contributed by atoms with Crippen LogP contribution >= 0.6 is 0 Å². The van der Waals surface area contributed by atoms with Crippen LogP contribution in [0.4, 0.5) is 0 Å². The summed E-state index contributed by atoms with van der Waals surface area (Å²) < 4.78 is 13.3. The average Bonchev–Trinajstić information content (AvgIpc) is 2.72. The van der Waals surface area contributed by atoms with Crippen LogP contribution in [-0.4, -0.2) is 29.1 Å². The predicted octanol–water partition coefficient (Wildman–Crippen LogP) is 2.12. The highest BCUT2D eigenvalue weighted by atomic mass is 16.7. The topological polar surface area (TPSA) is 36.3 Å². The molecular formula is C12H20N2O2. The largest absolute Gasteiger partial charge is 0.353 e. The highest BCUT2D eigenvalue weighted by molar-refractivity contribution is 4.87. The molecule has 0 spiro atoms. The number of hydrogen-bond donors (Lipinski definition) is 0. The molecule has 0 bridgehead atoms. The van der Waals surface area contributed by atoms with Gasteiger partial charge in [-0.25, -0.2) is 4.98 Å². The molecule has 0 N–H and O–H groups in total. The summed E-state index contributed by atoms with van der Waals surface area (Å²) in [4.78, 5) is 4.18. The molecule has 1 aromatic heterocycles. The number of ether oxygens (including phenoxy) is 2. The van der Waals surface area contributed by atoms with Crippen molar-refractivity contribution in [1.29, 1.82) is 0 Å². The van der Waals surface area contributed by atoms with Crippen LogP contribution in [0.1, 0.15) is 31.5 Å². The second-order valence-electron chi connectivity index (χ2n) is 4.19. The van der Waals surface area contributed by atoms with Gasteiger partial charge in [-0.3, -0.25) is 0 Å². The molecule has 1 saturated heterocycles. The summed E-state index contributed by atoms with van der Waals surface area (Å²) in [6.07, 6.45) is 8.34. The lowest BCUT2D eigenvalue weighted by Crippen LogP contribution is -2.23. The number of imidazole rings is 1. The molecular weight excluding hydrogens is 204 g/mol. The van der Waals surface area contributed by atoms with Gasteiger partial charge in [-0.15, -0.1) is 0 Å². The lowest BCUT2D eigenvalue weighted by Gasteiger charge is -2.22. The first-order valence-corrected chi connectivity index (χ1v) is 6.07. The van der Waals surface area contributed by atoms with E-state index in [1.54, 1.807) is 0 Å². The molecule has 1 aliphatic heterocycles. The van der Waals surface area contributed by atoms with E-state index in [1.807, 2.05) is 19.3 Å². The Morgan fingerprint density at radius 3 is 3.19 bits per heavy atom. The van der Waals surface area contributed by atoms with E-state index in [4.69, 9.17) is 9.47 Å². The molecule has 0 amide bonds. The van der Waals surface area contributed by atoms with E-state index in [-0.39, 0.29) is 6.29 Å². The maximum Gasteiger partial charge on any atom is 0.157 e. The van der Waals surface area contributed by atoms with E-state index in [0.29, 0.717) is 0 Å². The molecule has 2 rings (SSSR count). The van der Waals surface area contributed by atoms with Crippen LogP contribution < -0.4 is 0 Å². The van der Waals surface area contributed by atoms with E-state index in [1.165, 1.54) is 12.8 Å². The quantitative estimate of drug-likeness (QED) is 0.719. The summed E-state index contributed by atoms with van der Waals surface area (Å²) in [5.41, 5.74) is 0. The third kappa shape index (κ3) is 3.32. The first-order valence-electron chi connectivity index (χ1n) is 6.07. The minimum absolute atomic E-state index is 0.0395. The van der Waals surface area contributed by atoms with E-state index in [9.17, 15) is 0 Å². The molecule has 1 unspecified atom stereocenters. The summed E-state index contributed by atoms with van der Waals surface area (Å²) in [6.45, 7) is 4.61. The van der Waals surface area contributed by atoms with Gasteiger partial charge in [0.05, 0.1) is 6.61 Å². The Balaban J connectivity index is 1.59. The van der Waals surface area contributed by atoms with Crippen LogP contribution in [0.3, 0.4) is 0 Å². The standard InChI is InChI=1S/C12H20N2O2/c1-11-13-6-8-14(11)7-4-10-16-12-5-2-3-9-15-12/h6,8,12H,2-5,7,9-10H2,1H3. The second kappa shape index (κ2) is 6.01. The van der Waals surface area contributed by atoms with Crippen molar-refractivity contribution >= 4 is 0 Å². The molecule has 90 valence electrons. The molecule has 4 heteroatoms. The van der Waals surface area contributed by atoms with Crippen LogP contribution in [0.15, 0.2) is 12.4 Å². The van der Waals surface area contributed by atoms with E-state index in [0.717, 1.165) is 38.4 Å². The fourth-order valence-corrected chi connectivity index (χ4v) is 1.93. The van der Waals surface area contributed by atoms with Crippen molar-refractivity contribution in [2.45, 2.75) is 45.4 Å². The third-order valence-corrected chi connectivity index (χ3v) is 2.91. The first-order chi connectivity index (χ1) is 7.86. The maximum absolute atomic E-state index is 5.67. The second-order valence-corrected chi connectivity index (χ2v) is 4.19. The van der Waals surface area contributed by atoms with Crippen LogP contribution in [0.5, 0.6) is 0 Å². The summed E-state index contributed by atoms with van der Waals surface area (Å²) in [5, 5.41) is 0. The van der Waals surface area contributed by atoms with E-state index < -0.39 is 0 Å². The van der Waals surface area contributed by atoms with Crippen LogP contribution in [0.2, 0.25) is 0 Å². The molecule has 1 aromatic rings. The molecule has 0 aliphatic carbocycles. The lowest BCUT2D eigenvalue weighted by molar-refractivity contribution is -0.163. The molecule has 2 heterocycles. The molecule has 16 heavy (non-hydrogen) atoms. The third-order valence-electron chi connectivity index (χ3n) is 2.91. The van der Waals surface area contributed by atoms with Crippen LogP contribution in [0, 0.1) is 6.92 Å². The Hall–Kier alpha value is -0.870. The lowest BCUT2D eigenvalue weighted by atomic mass is 10.2. The van der Waals surface area contributed by atoms with Gasteiger partial charge >= 0.3 is 0 Å². The number of aryl methyl sites for hydroxylation is 2. The molecule has 1 atom stereocenters. The first kappa shape index (κ1) is 11.6. The maximum atomic E-state index is 5.67. The minimum atomic E-state index is 0.0395. The van der Waals surface area contributed by atoms with Crippen LogP contribution in [-0.2, 0) is 16.0 Å². The van der Waals surface area contributed by atoms with Crippen molar-refractivity contribution in [2.75, 3.05) is 13.2 Å². The SMILES string of the molecule is Cc1nccn1CCCOC1CCCCO1. The Morgan fingerprint density at radius 2 is 2.50 bits per heavy atom. The van der Waals surface area contributed by atoms with Gasteiger partial charge in [0, 0.05) is 25.5 Å². The van der Waals surface area contributed by atoms with Gasteiger partial charge in [-0.2, -0.15) is 0 Å². The fraction of sp³-hybridized carbons (Fsp3) is 0.750. The van der Waals surface area contributed by atoms with Crippen molar-refractivity contribution in [1.82, 2.24) is 9.55 Å². The highest BCUT2D eigenvalue weighted by Crippen LogP contribution is 2.13. The zero-order valence-electron chi connectivity index (χ0n) is 9.89. The van der Waals surface area contributed by atoms with Gasteiger partial charge in [0.1, 0.15) is 5.82 Å². The Kier molecular flexibility index (Phi) is 4.36. The minimum Gasteiger partial charge on any atom is -0.353 e. The molecule has 0 saturated carbocycles. The number of rotatable bonds is 5. The highest BCUT2D eigenvalue weighted by Gasteiger charge is 2.13. The molecule has 0 radical (unpaired) electrons. The zero-order chi connectivity index (χ0) is 11.2. The smallest absolute Gasteiger partial charge is 0.157 e. The van der Waals surface area contributed by atoms with E-state index >= 15 is 0 Å². The van der Waals surface area contributed by atoms with Crippen molar-refractivity contribution in [3.63, 3.8) is 0 Å². The van der Waals surface area contributed by atoms with Gasteiger partial charge in [0.15, 0.2) is 6.29 Å². The van der Waals surface area contributed by atoms with Crippen molar-refractivity contribution in [3.05, 3.63) is 18.2 Å². The average molecular weight is 224 g/mol. The Labute approximate surface area is 96.6 Å². The van der Waals surface area contributed by atoms with Gasteiger partial charge in [-0.1, -0.05) is 0 Å². The molecule has 1 fully saturated rings. The van der Waals surface area contributed by atoms with Crippen molar-refractivity contribution < 1.29 is 9.47 Å². The summed E-state index contributed by atoms with van der Waals surface area (Å²) >= 11 is 0. The number of nitrogens with zero attached hydrogens (tertiary/aromatic N) is 2. The van der Waals surface area contributed by atoms with Gasteiger partial charge in [-0.05, 0) is 32.6 Å². The monoisotopic (exact) mass is 224 g/mol. The van der Waals surface area contributed by atoms with Crippen LogP contribution in [0.25, 0.3) is 0 Å². The zero-order valence-corrected chi connectivity index (χ0v) is 9.89. The summed E-state index contributed by atoms with van der Waals surface area (Å²) in [5.74, 6) is 1.06. The van der Waals surface area contributed by atoms with Crippen molar-refractivity contribution in [3.8, 4) is 0 Å². The van der Waals surface area contributed by atoms with Gasteiger partial charge in [0.2, 0.25) is 0 Å². The normalized spacial score (nSPS) is 21.2. The van der Waals surface area contributed by atoms with Crippen molar-refractivity contribution in [2.24, 2.45) is 0 Å². The number of hydrogen-bond acceptors (Lipinski definition) is 3. The Bertz CT molecular complexity index is 306. The predicted molar refractivity (Wildman–Crippen MR) is 61.1 cm³/mol. The Morgan fingerprint density at radius 1 is 1.56 bits per heavy atom. The molecule has 1 aliphatic rings.